The van der Waals surface area contributed by atoms with Gasteiger partial charge in [-0.15, -0.1) is 0 Å². The lowest BCUT2D eigenvalue weighted by Crippen LogP contribution is -2.46. The summed E-state index contributed by atoms with van der Waals surface area (Å²) in [6.07, 6.45) is 1.77. The molecule has 5 heteroatoms. The third-order valence-electron chi connectivity index (χ3n) is 2.87. The summed E-state index contributed by atoms with van der Waals surface area (Å²) in [5.41, 5.74) is 8.24. The van der Waals surface area contributed by atoms with Crippen molar-refractivity contribution in [3.63, 3.8) is 0 Å². The normalized spacial score (nSPS) is 13.6. The average Bonchev–Trinajstić information content (AvgIpc) is 2.36. The van der Waals surface area contributed by atoms with E-state index in [9.17, 15) is 0 Å². The van der Waals surface area contributed by atoms with Crippen LogP contribution in [0.25, 0.3) is 0 Å². The first-order valence-corrected chi connectivity index (χ1v) is 8.84. The predicted octanol–water partition coefficient (Wildman–Crippen LogP) is 3.07. The lowest BCUT2D eigenvalue weighted by Gasteiger charge is -2.28. The van der Waals surface area contributed by atoms with E-state index in [0.29, 0.717) is 19.8 Å². The minimum Gasteiger partial charge on any atom is -0.402 e. The molecule has 0 heterocycles. The summed E-state index contributed by atoms with van der Waals surface area (Å²) in [7, 11) is -2.53. The second kappa shape index (κ2) is 9.55. The summed E-state index contributed by atoms with van der Waals surface area (Å²) < 4.78 is 17.4. The summed E-state index contributed by atoms with van der Waals surface area (Å²) in [5, 5.41) is 0. The molecular weight excluding hydrogens is 246 g/mol. The van der Waals surface area contributed by atoms with Crippen LogP contribution in [-0.4, -0.2) is 28.6 Å². The van der Waals surface area contributed by atoms with E-state index >= 15 is 0 Å². The Hall–Kier alpha value is -0.363. The third kappa shape index (κ3) is 6.00. The Kier molecular flexibility index (Phi) is 9.36. The zero-order chi connectivity index (χ0) is 14.0. The Labute approximate surface area is 113 Å². The largest absolute Gasteiger partial charge is 0.501 e. The molecule has 0 atom stereocenters. The molecule has 18 heavy (non-hydrogen) atoms. The predicted molar refractivity (Wildman–Crippen MR) is 77.2 cm³/mol. The number of rotatable bonds is 10. The molecule has 0 amide bonds. The van der Waals surface area contributed by atoms with E-state index in [1.165, 1.54) is 5.57 Å². The molecule has 0 saturated carbocycles. The number of hydrogen-bond donors (Lipinski definition) is 1. The van der Waals surface area contributed by atoms with Gasteiger partial charge in [0.15, 0.2) is 0 Å². The molecule has 0 aliphatic rings. The molecule has 108 valence electrons. The van der Waals surface area contributed by atoms with E-state index < -0.39 is 8.80 Å². The monoisotopic (exact) mass is 275 g/mol. The first-order chi connectivity index (χ1) is 8.55. The fraction of sp³-hybridized carbons (Fsp3) is 0.846. The van der Waals surface area contributed by atoms with Crippen molar-refractivity contribution in [3.05, 3.63) is 11.3 Å². The summed E-state index contributed by atoms with van der Waals surface area (Å²) >= 11 is 0. The van der Waals surface area contributed by atoms with Crippen LogP contribution in [0.3, 0.4) is 0 Å². The minimum absolute atomic E-state index is 0.614. The lowest BCUT2D eigenvalue weighted by molar-refractivity contribution is 0.0713. The van der Waals surface area contributed by atoms with Crippen molar-refractivity contribution in [1.29, 1.82) is 0 Å². The van der Waals surface area contributed by atoms with Gasteiger partial charge in [0.05, 0.1) is 0 Å². The standard InChI is InChI=1S/C13H29NO3Si/c1-6-12(5)13(14)10-11-18(15-7-2,16-8-3)17-9-4/h6-11,14H2,1-5H3/b13-12-. The third-order valence-corrected chi connectivity index (χ3v) is 5.92. The summed E-state index contributed by atoms with van der Waals surface area (Å²) in [6.45, 7) is 11.9. The molecule has 4 nitrogen and oxygen atoms in total. The molecule has 0 unspecified atom stereocenters. The molecule has 0 fully saturated rings. The van der Waals surface area contributed by atoms with E-state index in [-0.39, 0.29) is 0 Å². The smallest absolute Gasteiger partial charge is 0.402 e. The summed E-state index contributed by atoms with van der Waals surface area (Å²) in [6, 6.07) is 0.756. The van der Waals surface area contributed by atoms with Crippen LogP contribution >= 0.6 is 0 Å². The molecule has 0 aromatic carbocycles. The maximum atomic E-state index is 6.06. The fourth-order valence-corrected chi connectivity index (χ4v) is 4.31. The average molecular weight is 275 g/mol. The molecule has 0 saturated heterocycles. The van der Waals surface area contributed by atoms with Crippen LogP contribution in [0, 0.1) is 0 Å². The van der Waals surface area contributed by atoms with Crippen molar-refractivity contribution in [2.45, 2.75) is 53.5 Å². The first kappa shape index (κ1) is 17.6. The van der Waals surface area contributed by atoms with Gasteiger partial charge in [-0.05, 0) is 40.5 Å². The maximum Gasteiger partial charge on any atom is 0.501 e. The number of allylic oxidation sites excluding steroid dienone is 2. The van der Waals surface area contributed by atoms with Gasteiger partial charge < -0.3 is 19.0 Å². The highest BCUT2D eigenvalue weighted by Gasteiger charge is 2.39. The fourth-order valence-electron chi connectivity index (χ4n) is 1.73. The van der Waals surface area contributed by atoms with Crippen molar-refractivity contribution in [3.8, 4) is 0 Å². The number of nitrogens with two attached hydrogens (primary N) is 1. The van der Waals surface area contributed by atoms with Crippen LogP contribution in [0.15, 0.2) is 11.3 Å². The number of hydrogen-bond acceptors (Lipinski definition) is 4. The van der Waals surface area contributed by atoms with Gasteiger partial charge in [-0.2, -0.15) is 0 Å². The zero-order valence-electron chi connectivity index (χ0n) is 12.5. The van der Waals surface area contributed by atoms with Crippen LogP contribution < -0.4 is 5.73 Å². The van der Waals surface area contributed by atoms with Crippen LogP contribution in [0.1, 0.15) is 47.5 Å². The van der Waals surface area contributed by atoms with Gasteiger partial charge in [0.1, 0.15) is 0 Å². The van der Waals surface area contributed by atoms with Gasteiger partial charge in [0.2, 0.25) is 0 Å². The van der Waals surface area contributed by atoms with Gasteiger partial charge in [-0.25, -0.2) is 0 Å². The van der Waals surface area contributed by atoms with Gasteiger partial charge >= 0.3 is 8.80 Å². The van der Waals surface area contributed by atoms with Gasteiger partial charge in [-0.1, -0.05) is 12.5 Å². The molecular formula is C13H29NO3Si. The lowest BCUT2D eigenvalue weighted by atomic mass is 10.1. The van der Waals surface area contributed by atoms with Crippen molar-refractivity contribution in [2.75, 3.05) is 19.8 Å². The molecule has 0 spiro atoms. The zero-order valence-corrected chi connectivity index (χ0v) is 13.5. The highest BCUT2D eigenvalue weighted by atomic mass is 28.4. The molecule has 0 rings (SSSR count). The Bertz CT molecular complexity index is 240. The maximum absolute atomic E-state index is 6.06. The van der Waals surface area contributed by atoms with Crippen LogP contribution in [-0.2, 0) is 13.3 Å². The quantitative estimate of drug-likeness (QED) is 0.623. The second-order valence-electron chi connectivity index (χ2n) is 4.14. The Balaban J connectivity index is 4.66. The topological polar surface area (TPSA) is 53.7 Å². The highest BCUT2D eigenvalue weighted by Crippen LogP contribution is 2.21. The van der Waals surface area contributed by atoms with Gasteiger partial charge in [-0.3, -0.25) is 0 Å². The van der Waals surface area contributed by atoms with Crippen molar-refractivity contribution >= 4 is 8.80 Å². The Morgan fingerprint density at radius 1 is 0.944 bits per heavy atom. The molecule has 0 aliphatic carbocycles. The molecule has 0 aromatic rings. The Morgan fingerprint density at radius 2 is 1.39 bits per heavy atom. The van der Waals surface area contributed by atoms with E-state index in [2.05, 4.69) is 13.8 Å². The first-order valence-electron chi connectivity index (χ1n) is 6.91. The van der Waals surface area contributed by atoms with Gasteiger partial charge in [0.25, 0.3) is 0 Å². The van der Waals surface area contributed by atoms with E-state index in [1.807, 2.05) is 20.8 Å². The van der Waals surface area contributed by atoms with Crippen LogP contribution in [0.2, 0.25) is 6.04 Å². The summed E-state index contributed by atoms with van der Waals surface area (Å²) in [4.78, 5) is 0. The SMILES string of the molecule is CCO[Si](CC/C(N)=C(\C)CC)(OCC)OCC. The summed E-state index contributed by atoms with van der Waals surface area (Å²) in [5.74, 6) is 0. The van der Waals surface area contributed by atoms with Gasteiger partial charge in [0, 0.05) is 31.6 Å². The molecule has 0 aromatic heterocycles. The van der Waals surface area contributed by atoms with Crippen molar-refractivity contribution in [2.24, 2.45) is 5.73 Å². The van der Waals surface area contributed by atoms with E-state index in [4.69, 9.17) is 19.0 Å². The molecule has 0 radical (unpaired) electrons. The Morgan fingerprint density at radius 3 is 1.72 bits per heavy atom. The van der Waals surface area contributed by atoms with E-state index in [0.717, 1.165) is 24.6 Å². The van der Waals surface area contributed by atoms with Crippen LogP contribution in [0.4, 0.5) is 0 Å². The minimum atomic E-state index is -2.53. The highest BCUT2D eigenvalue weighted by molar-refractivity contribution is 6.60. The van der Waals surface area contributed by atoms with E-state index in [1.54, 1.807) is 0 Å². The molecule has 0 aliphatic heterocycles. The van der Waals surface area contributed by atoms with Crippen LogP contribution in [0.5, 0.6) is 0 Å². The van der Waals surface area contributed by atoms with Crippen molar-refractivity contribution in [1.82, 2.24) is 0 Å². The molecule has 2 N–H and O–H groups in total. The molecule has 0 bridgehead atoms. The van der Waals surface area contributed by atoms with Crippen molar-refractivity contribution < 1.29 is 13.3 Å². The second-order valence-corrected chi connectivity index (χ2v) is 6.87.